The zero-order chi connectivity index (χ0) is 21.8. The first-order chi connectivity index (χ1) is 13.5. The molecule has 0 unspecified atom stereocenters. The predicted molar refractivity (Wildman–Crippen MR) is 116 cm³/mol. The number of hydrogen-bond acceptors (Lipinski definition) is 4. The molecule has 1 atom stereocenters. The zero-order valence-corrected chi connectivity index (χ0v) is 18.2. The summed E-state index contributed by atoms with van der Waals surface area (Å²) < 4.78 is 25.7. The van der Waals surface area contributed by atoms with E-state index in [1.165, 1.54) is 19.1 Å². The summed E-state index contributed by atoms with van der Waals surface area (Å²) >= 11 is 5.88. The van der Waals surface area contributed by atoms with Gasteiger partial charge in [-0.1, -0.05) is 23.7 Å². The maximum Gasteiger partial charge on any atom is 0.253 e. The molecule has 7 nitrogen and oxygen atoms in total. The summed E-state index contributed by atoms with van der Waals surface area (Å²) in [5.41, 5.74) is 0.900. The third kappa shape index (κ3) is 5.95. The number of amides is 2. The molecule has 0 aliphatic carbocycles. The molecular formula is C20H24ClN3O4S. The van der Waals surface area contributed by atoms with Crippen molar-refractivity contribution in [3.05, 3.63) is 59.1 Å². The molecule has 0 aliphatic rings. The Kier molecular flexibility index (Phi) is 7.26. The average molecular weight is 438 g/mol. The summed E-state index contributed by atoms with van der Waals surface area (Å²) in [5, 5.41) is 5.89. The summed E-state index contributed by atoms with van der Waals surface area (Å²) in [7, 11) is -3.76. The van der Waals surface area contributed by atoms with E-state index >= 15 is 0 Å². The van der Waals surface area contributed by atoms with Crippen molar-refractivity contribution < 1.29 is 18.0 Å². The summed E-state index contributed by atoms with van der Waals surface area (Å²) in [5.74, 6) is -0.906. The monoisotopic (exact) mass is 437 g/mol. The Labute approximate surface area is 176 Å². The molecule has 2 N–H and O–H groups in total. The Morgan fingerprint density at radius 3 is 2.14 bits per heavy atom. The van der Waals surface area contributed by atoms with Crippen LogP contribution in [0.15, 0.2) is 48.5 Å². The lowest BCUT2D eigenvalue weighted by molar-refractivity contribution is -0.116. The molecule has 2 aromatic rings. The van der Waals surface area contributed by atoms with Gasteiger partial charge in [-0.25, -0.2) is 8.42 Å². The van der Waals surface area contributed by atoms with Gasteiger partial charge in [0.1, 0.15) is 6.04 Å². The van der Waals surface area contributed by atoms with Crippen LogP contribution < -0.4 is 14.9 Å². The number of rotatable bonds is 7. The second-order valence-electron chi connectivity index (χ2n) is 6.87. The first-order valence-electron chi connectivity index (χ1n) is 8.96. The largest absolute Gasteiger partial charge is 0.350 e. The van der Waals surface area contributed by atoms with Crippen LogP contribution in [0.1, 0.15) is 31.1 Å². The molecule has 29 heavy (non-hydrogen) atoms. The lowest BCUT2D eigenvalue weighted by Crippen LogP contribution is -2.45. The number of halogens is 1. The molecule has 2 aromatic carbocycles. The van der Waals surface area contributed by atoms with Crippen molar-refractivity contribution in [2.24, 2.45) is 0 Å². The molecule has 0 saturated carbocycles. The molecule has 0 bridgehead atoms. The minimum atomic E-state index is -3.76. The van der Waals surface area contributed by atoms with Crippen LogP contribution in [0.2, 0.25) is 5.02 Å². The zero-order valence-electron chi connectivity index (χ0n) is 16.6. The topological polar surface area (TPSA) is 95.6 Å². The van der Waals surface area contributed by atoms with E-state index in [-0.39, 0.29) is 11.9 Å². The van der Waals surface area contributed by atoms with Gasteiger partial charge in [-0.05, 0) is 57.2 Å². The van der Waals surface area contributed by atoms with Crippen LogP contribution in [-0.2, 0) is 14.8 Å². The molecule has 0 aliphatic heterocycles. The number of nitrogens with one attached hydrogen (secondary N) is 2. The third-order valence-corrected chi connectivity index (χ3v) is 5.51. The van der Waals surface area contributed by atoms with Gasteiger partial charge >= 0.3 is 0 Å². The van der Waals surface area contributed by atoms with Gasteiger partial charge in [0.15, 0.2) is 0 Å². The van der Waals surface area contributed by atoms with Crippen molar-refractivity contribution in [1.29, 1.82) is 0 Å². The van der Waals surface area contributed by atoms with Gasteiger partial charge in [0.2, 0.25) is 15.9 Å². The van der Waals surface area contributed by atoms with Gasteiger partial charge in [-0.3, -0.25) is 13.9 Å². The fourth-order valence-corrected chi connectivity index (χ4v) is 4.06. The molecule has 2 amide bonds. The van der Waals surface area contributed by atoms with Crippen molar-refractivity contribution in [2.75, 3.05) is 15.9 Å². The Bertz CT molecular complexity index is 991. The number of sulfonamides is 1. The van der Waals surface area contributed by atoms with E-state index in [1.54, 1.807) is 36.4 Å². The standard InChI is InChI=1S/C20H24ClN3O4S/c1-13(2)22-20(26)17-7-5-6-8-18(17)23-19(25)14(3)24(29(4,27)28)16-11-9-15(21)10-12-16/h5-14H,1-4H3,(H,22,26)(H,23,25)/t14-/m1/s1. The van der Waals surface area contributed by atoms with Gasteiger partial charge < -0.3 is 10.6 Å². The first kappa shape index (κ1) is 22.7. The Balaban J connectivity index is 2.32. The maximum absolute atomic E-state index is 12.9. The fraction of sp³-hybridized carbons (Fsp3) is 0.300. The molecule has 0 aromatic heterocycles. The van der Waals surface area contributed by atoms with Gasteiger partial charge in [0, 0.05) is 11.1 Å². The molecule has 0 saturated heterocycles. The molecule has 0 heterocycles. The maximum atomic E-state index is 12.9. The van der Waals surface area contributed by atoms with Crippen LogP contribution in [0.25, 0.3) is 0 Å². The van der Waals surface area contributed by atoms with E-state index in [4.69, 9.17) is 11.6 Å². The van der Waals surface area contributed by atoms with Gasteiger partial charge in [0.05, 0.1) is 23.2 Å². The first-order valence-corrected chi connectivity index (χ1v) is 11.2. The SMILES string of the molecule is CC(C)NC(=O)c1ccccc1NC(=O)[C@@H](C)N(c1ccc(Cl)cc1)S(C)(=O)=O. The number of para-hydroxylation sites is 1. The van der Waals surface area contributed by atoms with Crippen molar-refractivity contribution in [1.82, 2.24) is 5.32 Å². The Morgan fingerprint density at radius 2 is 1.59 bits per heavy atom. The highest BCUT2D eigenvalue weighted by molar-refractivity contribution is 7.92. The van der Waals surface area contributed by atoms with E-state index in [2.05, 4.69) is 10.6 Å². The van der Waals surface area contributed by atoms with Crippen LogP contribution in [0.3, 0.4) is 0 Å². The average Bonchev–Trinajstić information content (AvgIpc) is 2.62. The summed E-state index contributed by atoms with van der Waals surface area (Å²) in [4.78, 5) is 25.3. The fourth-order valence-electron chi connectivity index (χ4n) is 2.76. The highest BCUT2D eigenvalue weighted by atomic mass is 35.5. The van der Waals surface area contributed by atoms with Crippen molar-refractivity contribution in [2.45, 2.75) is 32.9 Å². The van der Waals surface area contributed by atoms with Crippen molar-refractivity contribution in [3.63, 3.8) is 0 Å². The summed E-state index contributed by atoms with van der Waals surface area (Å²) in [6, 6.07) is 11.6. The predicted octanol–water partition coefficient (Wildman–Crippen LogP) is 3.27. The molecule has 0 radical (unpaired) electrons. The molecule has 0 fully saturated rings. The number of carbonyl (C=O) groups is 2. The van der Waals surface area contributed by atoms with Gasteiger partial charge in [-0.15, -0.1) is 0 Å². The van der Waals surface area contributed by atoms with Crippen LogP contribution in [0.5, 0.6) is 0 Å². The summed E-state index contributed by atoms with van der Waals surface area (Å²) in [6.45, 7) is 5.14. The molecule has 9 heteroatoms. The number of anilines is 2. The number of benzene rings is 2. The highest BCUT2D eigenvalue weighted by Crippen LogP contribution is 2.24. The van der Waals surface area contributed by atoms with E-state index in [0.29, 0.717) is 22.0 Å². The lowest BCUT2D eigenvalue weighted by atomic mass is 10.1. The number of carbonyl (C=O) groups excluding carboxylic acids is 2. The van der Waals surface area contributed by atoms with E-state index in [0.717, 1.165) is 10.6 Å². The minimum Gasteiger partial charge on any atom is -0.350 e. The lowest BCUT2D eigenvalue weighted by Gasteiger charge is -2.28. The number of nitrogens with zero attached hydrogens (tertiary/aromatic N) is 1. The summed E-state index contributed by atoms with van der Waals surface area (Å²) in [6.07, 6.45) is 1.02. The van der Waals surface area contributed by atoms with Crippen LogP contribution in [-0.4, -0.2) is 38.6 Å². The van der Waals surface area contributed by atoms with E-state index in [1.807, 2.05) is 13.8 Å². The smallest absolute Gasteiger partial charge is 0.253 e. The second kappa shape index (κ2) is 9.28. The van der Waals surface area contributed by atoms with Gasteiger partial charge in [-0.2, -0.15) is 0 Å². The van der Waals surface area contributed by atoms with Crippen molar-refractivity contribution in [3.8, 4) is 0 Å². The molecule has 0 spiro atoms. The minimum absolute atomic E-state index is 0.0733. The van der Waals surface area contributed by atoms with Crippen molar-refractivity contribution >= 4 is 44.8 Å². The third-order valence-electron chi connectivity index (χ3n) is 4.02. The Morgan fingerprint density at radius 1 is 1.00 bits per heavy atom. The van der Waals surface area contributed by atoms with Crippen LogP contribution in [0, 0.1) is 0 Å². The molecule has 156 valence electrons. The normalized spacial score (nSPS) is 12.3. The van der Waals surface area contributed by atoms with E-state index in [9.17, 15) is 18.0 Å². The van der Waals surface area contributed by atoms with Crippen LogP contribution >= 0.6 is 11.6 Å². The Hall–Kier alpha value is -2.58. The van der Waals surface area contributed by atoms with Crippen LogP contribution in [0.4, 0.5) is 11.4 Å². The van der Waals surface area contributed by atoms with Gasteiger partial charge in [0.25, 0.3) is 5.91 Å². The van der Waals surface area contributed by atoms with E-state index < -0.39 is 22.0 Å². The highest BCUT2D eigenvalue weighted by Gasteiger charge is 2.29. The number of hydrogen-bond donors (Lipinski definition) is 2. The second-order valence-corrected chi connectivity index (χ2v) is 9.17. The quantitative estimate of drug-likeness (QED) is 0.694. The molecular weight excluding hydrogens is 414 g/mol. The molecule has 2 rings (SSSR count).